The number of nitrogens with one attached hydrogen (secondary N) is 1. The molecule has 0 spiro atoms. The van der Waals surface area contributed by atoms with Gasteiger partial charge in [-0.25, -0.2) is 4.79 Å². The molecule has 0 aromatic carbocycles. The maximum Gasteiger partial charge on any atom is 0.317 e. The van der Waals surface area contributed by atoms with Crippen LogP contribution in [0.5, 0.6) is 0 Å². The van der Waals surface area contributed by atoms with E-state index in [0.29, 0.717) is 6.42 Å². The lowest BCUT2D eigenvalue weighted by Crippen LogP contribution is -2.50. The van der Waals surface area contributed by atoms with Crippen molar-refractivity contribution in [2.24, 2.45) is 0 Å². The first-order chi connectivity index (χ1) is 9.49. The molecule has 0 aromatic heterocycles. The highest BCUT2D eigenvalue weighted by molar-refractivity contribution is 5.76. The molecular formula is C14H28N2O4. The molecule has 0 heterocycles. The van der Waals surface area contributed by atoms with Crippen LogP contribution in [0.2, 0.25) is 0 Å². The molecule has 20 heavy (non-hydrogen) atoms. The second-order valence-corrected chi connectivity index (χ2v) is 4.92. The predicted octanol–water partition coefficient (Wildman–Crippen LogP) is 1.82. The molecule has 6 heteroatoms. The maximum absolute atomic E-state index is 12.3. The highest BCUT2D eigenvalue weighted by Crippen LogP contribution is 2.10. The van der Waals surface area contributed by atoms with Crippen LogP contribution in [-0.2, 0) is 4.79 Å². The second-order valence-electron chi connectivity index (χ2n) is 4.92. The number of aliphatic hydroxyl groups excluding tert-OH is 1. The molecular weight excluding hydrogens is 260 g/mol. The number of hydrogen-bond donors (Lipinski definition) is 3. The van der Waals surface area contributed by atoms with Crippen LogP contribution in [0.15, 0.2) is 0 Å². The second kappa shape index (κ2) is 10.5. The molecule has 118 valence electrons. The van der Waals surface area contributed by atoms with Crippen molar-refractivity contribution >= 4 is 12.0 Å². The minimum absolute atomic E-state index is 0.0641. The molecule has 1 atom stereocenters. The van der Waals surface area contributed by atoms with E-state index in [1.54, 1.807) is 4.90 Å². The van der Waals surface area contributed by atoms with Gasteiger partial charge in [-0.15, -0.1) is 0 Å². The van der Waals surface area contributed by atoms with Gasteiger partial charge in [0.2, 0.25) is 0 Å². The number of urea groups is 1. The van der Waals surface area contributed by atoms with E-state index < -0.39 is 5.97 Å². The minimum atomic E-state index is -0.917. The number of nitrogens with zero attached hydrogens (tertiary/aromatic N) is 1. The van der Waals surface area contributed by atoms with Crippen molar-refractivity contribution in [1.29, 1.82) is 0 Å². The number of carboxylic acid groups (broad SMARTS) is 1. The minimum Gasteiger partial charge on any atom is -0.481 e. The fraction of sp³-hybridized carbons (Fsp3) is 0.857. The van der Waals surface area contributed by atoms with Gasteiger partial charge in [-0.1, -0.05) is 27.2 Å². The first-order valence-corrected chi connectivity index (χ1v) is 7.39. The lowest BCUT2D eigenvalue weighted by molar-refractivity contribution is -0.137. The average molecular weight is 288 g/mol. The molecule has 0 rings (SSSR count). The fourth-order valence-corrected chi connectivity index (χ4v) is 2.33. The van der Waals surface area contributed by atoms with Crippen LogP contribution < -0.4 is 5.32 Å². The Kier molecular flexibility index (Phi) is 9.80. The van der Waals surface area contributed by atoms with Gasteiger partial charge in [-0.3, -0.25) is 4.79 Å². The van der Waals surface area contributed by atoms with Crippen LogP contribution in [0, 0.1) is 0 Å². The first kappa shape index (κ1) is 18.7. The Hall–Kier alpha value is -1.30. The molecule has 6 nitrogen and oxygen atoms in total. The third-order valence-corrected chi connectivity index (χ3v) is 3.37. The Morgan fingerprint density at radius 1 is 1.20 bits per heavy atom. The van der Waals surface area contributed by atoms with Crippen LogP contribution >= 0.6 is 0 Å². The standard InChI is InChI=1S/C14H28N2O4/c1-4-7-11(10-13(18)19)15-14(20)16(8-9-17)12(5-2)6-3/h11-12,17H,4-10H2,1-3H3,(H,15,20)(H,18,19). The number of carboxylic acids is 1. The normalized spacial score (nSPS) is 12.2. The molecule has 0 aliphatic carbocycles. The van der Waals surface area contributed by atoms with Gasteiger partial charge in [-0.05, 0) is 19.3 Å². The van der Waals surface area contributed by atoms with Crippen molar-refractivity contribution in [1.82, 2.24) is 10.2 Å². The van der Waals surface area contributed by atoms with Crippen molar-refractivity contribution in [3.8, 4) is 0 Å². The Morgan fingerprint density at radius 3 is 2.20 bits per heavy atom. The summed E-state index contributed by atoms with van der Waals surface area (Å²) < 4.78 is 0. The van der Waals surface area contributed by atoms with Gasteiger partial charge >= 0.3 is 12.0 Å². The topological polar surface area (TPSA) is 89.9 Å². The Morgan fingerprint density at radius 2 is 1.80 bits per heavy atom. The summed E-state index contributed by atoms with van der Waals surface area (Å²) in [7, 11) is 0. The van der Waals surface area contributed by atoms with Gasteiger partial charge in [0, 0.05) is 18.6 Å². The van der Waals surface area contributed by atoms with Gasteiger partial charge in [0.15, 0.2) is 0 Å². The SMILES string of the molecule is CCCC(CC(=O)O)NC(=O)N(CCO)C(CC)CC. The van der Waals surface area contributed by atoms with Crippen LogP contribution in [0.3, 0.4) is 0 Å². The van der Waals surface area contributed by atoms with Crippen LogP contribution in [0.1, 0.15) is 52.9 Å². The zero-order chi connectivity index (χ0) is 15.5. The molecule has 0 aliphatic rings. The predicted molar refractivity (Wildman–Crippen MR) is 77.6 cm³/mol. The van der Waals surface area contributed by atoms with Crippen molar-refractivity contribution < 1.29 is 19.8 Å². The van der Waals surface area contributed by atoms with Crippen LogP contribution in [0.4, 0.5) is 4.79 Å². The fourth-order valence-electron chi connectivity index (χ4n) is 2.33. The molecule has 0 aliphatic heterocycles. The summed E-state index contributed by atoms with van der Waals surface area (Å²) in [6.07, 6.45) is 2.98. The van der Waals surface area contributed by atoms with E-state index in [4.69, 9.17) is 10.2 Å². The molecule has 0 bridgehead atoms. The lowest BCUT2D eigenvalue weighted by Gasteiger charge is -2.31. The van der Waals surface area contributed by atoms with E-state index in [1.165, 1.54) is 0 Å². The number of amides is 2. The van der Waals surface area contributed by atoms with Crippen molar-refractivity contribution in [3.05, 3.63) is 0 Å². The van der Waals surface area contributed by atoms with Crippen molar-refractivity contribution in [2.75, 3.05) is 13.2 Å². The Balaban J connectivity index is 4.72. The van der Waals surface area contributed by atoms with Gasteiger partial charge in [0.25, 0.3) is 0 Å². The summed E-state index contributed by atoms with van der Waals surface area (Å²) in [4.78, 5) is 24.7. The number of rotatable bonds is 10. The summed E-state index contributed by atoms with van der Waals surface area (Å²) >= 11 is 0. The highest BCUT2D eigenvalue weighted by atomic mass is 16.4. The maximum atomic E-state index is 12.3. The summed E-state index contributed by atoms with van der Waals surface area (Å²) in [5, 5.41) is 20.7. The summed E-state index contributed by atoms with van der Waals surface area (Å²) in [5.74, 6) is -0.917. The third kappa shape index (κ3) is 6.75. The lowest BCUT2D eigenvalue weighted by atomic mass is 10.1. The monoisotopic (exact) mass is 288 g/mol. The van der Waals surface area contributed by atoms with Crippen molar-refractivity contribution in [2.45, 2.75) is 65.0 Å². The van der Waals surface area contributed by atoms with E-state index in [1.807, 2.05) is 20.8 Å². The van der Waals surface area contributed by atoms with Crippen molar-refractivity contribution in [3.63, 3.8) is 0 Å². The number of aliphatic carboxylic acids is 1. The summed E-state index contributed by atoms with van der Waals surface area (Å²) in [5.41, 5.74) is 0. The van der Waals surface area contributed by atoms with Gasteiger partial charge in [0.1, 0.15) is 0 Å². The van der Waals surface area contributed by atoms with Crippen LogP contribution in [-0.4, -0.2) is 52.3 Å². The van der Waals surface area contributed by atoms with E-state index >= 15 is 0 Å². The number of carbonyl (C=O) groups excluding carboxylic acids is 1. The number of carbonyl (C=O) groups is 2. The molecule has 2 amide bonds. The number of aliphatic hydroxyl groups is 1. The Labute approximate surface area is 121 Å². The molecule has 0 saturated heterocycles. The molecule has 0 radical (unpaired) electrons. The smallest absolute Gasteiger partial charge is 0.317 e. The van der Waals surface area contributed by atoms with E-state index in [2.05, 4.69) is 5.32 Å². The average Bonchev–Trinajstić information content (AvgIpc) is 2.38. The highest BCUT2D eigenvalue weighted by Gasteiger charge is 2.23. The quantitative estimate of drug-likeness (QED) is 0.572. The molecule has 0 fully saturated rings. The summed E-state index contributed by atoms with van der Waals surface area (Å²) in [6, 6.07) is -0.581. The van der Waals surface area contributed by atoms with Crippen LogP contribution in [0.25, 0.3) is 0 Å². The zero-order valence-electron chi connectivity index (χ0n) is 12.8. The first-order valence-electron chi connectivity index (χ1n) is 7.39. The van der Waals surface area contributed by atoms with E-state index in [9.17, 15) is 9.59 Å². The molecule has 1 unspecified atom stereocenters. The summed E-state index contributed by atoms with van der Waals surface area (Å²) in [6.45, 7) is 6.11. The van der Waals surface area contributed by atoms with Gasteiger partial charge in [-0.2, -0.15) is 0 Å². The largest absolute Gasteiger partial charge is 0.481 e. The third-order valence-electron chi connectivity index (χ3n) is 3.37. The Bertz CT molecular complexity index is 293. The number of hydrogen-bond acceptors (Lipinski definition) is 3. The van der Waals surface area contributed by atoms with E-state index in [0.717, 1.165) is 19.3 Å². The zero-order valence-corrected chi connectivity index (χ0v) is 12.8. The van der Waals surface area contributed by atoms with Gasteiger partial charge < -0.3 is 20.4 Å². The molecule has 3 N–H and O–H groups in total. The molecule has 0 saturated carbocycles. The molecule has 0 aromatic rings. The van der Waals surface area contributed by atoms with E-state index in [-0.39, 0.29) is 37.7 Å². The van der Waals surface area contributed by atoms with Gasteiger partial charge in [0.05, 0.1) is 13.0 Å².